The quantitative estimate of drug-likeness (QED) is 0.424. The normalized spacial score (nSPS) is 14.3. The second-order valence-electron chi connectivity index (χ2n) is 8.00. The average molecular weight is 479 g/mol. The number of aromatic nitrogens is 3. The van der Waals surface area contributed by atoms with E-state index in [0.717, 1.165) is 30.9 Å². The summed E-state index contributed by atoms with van der Waals surface area (Å²) in [5.74, 6) is -0.200. The van der Waals surface area contributed by atoms with E-state index in [2.05, 4.69) is 30.5 Å². The Morgan fingerprint density at radius 2 is 2.00 bits per heavy atom. The van der Waals surface area contributed by atoms with Gasteiger partial charge in [0.05, 0.1) is 24.1 Å². The van der Waals surface area contributed by atoms with E-state index in [1.807, 2.05) is 23.6 Å². The first kappa shape index (κ1) is 22.3. The van der Waals surface area contributed by atoms with Crippen LogP contribution in [0, 0.1) is 5.82 Å². The zero-order chi connectivity index (χ0) is 23.5. The minimum absolute atomic E-state index is 0.150. The van der Waals surface area contributed by atoms with E-state index in [4.69, 9.17) is 4.74 Å². The first-order chi connectivity index (χ1) is 16.5. The summed E-state index contributed by atoms with van der Waals surface area (Å²) in [4.78, 5) is 27.0. The molecule has 5 rings (SSSR count). The number of fused-ring (bicyclic) bond motifs is 1. The number of thiazole rings is 1. The van der Waals surface area contributed by atoms with Gasteiger partial charge < -0.3 is 15.4 Å². The molecule has 3 heterocycles. The van der Waals surface area contributed by atoms with Crippen LogP contribution in [0.25, 0.3) is 21.5 Å². The zero-order valence-corrected chi connectivity index (χ0v) is 19.4. The molecule has 4 aromatic rings. The second-order valence-corrected chi connectivity index (χ2v) is 8.90. The van der Waals surface area contributed by atoms with Crippen molar-refractivity contribution >= 4 is 45.5 Å². The molecule has 1 amide bonds. The van der Waals surface area contributed by atoms with Crippen molar-refractivity contribution in [1.29, 1.82) is 0 Å². The van der Waals surface area contributed by atoms with Gasteiger partial charge >= 0.3 is 0 Å². The molecule has 0 aliphatic carbocycles. The van der Waals surface area contributed by atoms with Crippen LogP contribution in [0.4, 0.5) is 21.7 Å². The molecule has 1 saturated heterocycles. The number of benzene rings is 2. The molecule has 0 bridgehead atoms. The van der Waals surface area contributed by atoms with Gasteiger partial charge in [0.2, 0.25) is 11.9 Å². The highest BCUT2D eigenvalue weighted by molar-refractivity contribution is 7.13. The third-order valence-corrected chi connectivity index (χ3v) is 6.25. The molecule has 0 spiro atoms. The molecule has 8 nitrogen and oxygen atoms in total. The van der Waals surface area contributed by atoms with Gasteiger partial charge in [-0.1, -0.05) is 0 Å². The van der Waals surface area contributed by atoms with E-state index >= 15 is 4.39 Å². The molecule has 1 fully saturated rings. The van der Waals surface area contributed by atoms with Gasteiger partial charge in [0.1, 0.15) is 10.8 Å². The van der Waals surface area contributed by atoms with Gasteiger partial charge in [-0.25, -0.2) is 19.3 Å². The summed E-state index contributed by atoms with van der Waals surface area (Å²) in [5, 5.41) is 8.80. The van der Waals surface area contributed by atoms with Crippen LogP contribution >= 0.6 is 11.3 Å². The molecule has 10 heteroatoms. The number of rotatable bonds is 6. The summed E-state index contributed by atoms with van der Waals surface area (Å²) in [7, 11) is 0. The van der Waals surface area contributed by atoms with Gasteiger partial charge in [-0.15, -0.1) is 11.3 Å². The summed E-state index contributed by atoms with van der Waals surface area (Å²) >= 11 is 1.38. The Hall–Kier alpha value is -3.47. The van der Waals surface area contributed by atoms with Crippen molar-refractivity contribution in [3.05, 3.63) is 59.5 Å². The molecule has 2 aromatic heterocycles. The molecule has 1 aliphatic heterocycles. The molecule has 0 saturated carbocycles. The maximum Gasteiger partial charge on any atom is 0.227 e. The van der Waals surface area contributed by atoms with Crippen molar-refractivity contribution < 1.29 is 13.9 Å². The van der Waals surface area contributed by atoms with E-state index in [-0.39, 0.29) is 11.7 Å². The Bertz CT molecular complexity index is 1320. The summed E-state index contributed by atoms with van der Waals surface area (Å²) in [5.41, 5.74) is 3.37. The molecule has 1 aliphatic rings. The lowest BCUT2D eigenvalue weighted by atomic mass is 10.1. The van der Waals surface area contributed by atoms with E-state index in [9.17, 15) is 4.79 Å². The van der Waals surface area contributed by atoms with Crippen LogP contribution in [0.1, 0.15) is 12.5 Å². The minimum Gasteiger partial charge on any atom is -0.379 e. The van der Waals surface area contributed by atoms with E-state index in [1.54, 1.807) is 18.3 Å². The predicted octanol–water partition coefficient (Wildman–Crippen LogP) is 4.43. The summed E-state index contributed by atoms with van der Waals surface area (Å²) in [6, 6.07) is 9.23. The number of carbonyl (C=O) groups excluding carboxylic acids is 1. The number of anilines is 3. The first-order valence-electron chi connectivity index (χ1n) is 10.9. The second kappa shape index (κ2) is 9.80. The Labute approximate surface area is 199 Å². The third kappa shape index (κ3) is 5.04. The number of nitrogens with zero attached hydrogens (tertiary/aromatic N) is 4. The van der Waals surface area contributed by atoms with Crippen LogP contribution < -0.4 is 10.6 Å². The highest BCUT2D eigenvalue weighted by atomic mass is 32.1. The maximum absolute atomic E-state index is 15.1. The lowest BCUT2D eigenvalue weighted by Gasteiger charge is -2.27. The van der Waals surface area contributed by atoms with Crippen LogP contribution in [-0.4, -0.2) is 52.1 Å². The number of nitrogens with one attached hydrogen (secondary N) is 2. The fourth-order valence-corrected chi connectivity index (χ4v) is 4.59. The Morgan fingerprint density at radius 3 is 2.76 bits per heavy atom. The summed E-state index contributed by atoms with van der Waals surface area (Å²) in [6.07, 6.45) is 3.12. The fourth-order valence-electron chi connectivity index (χ4n) is 3.93. The minimum atomic E-state index is -0.389. The van der Waals surface area contributed by atoms with Gasteiger partial charge in [0.25, 0.3) is 0 Å². The Kier molecular flexibility index (Phi) is 6.43. The van der Waals surface area contributed by atoms with Crippen LogP contribution in [0.15, 0.2) is 48.1 Å². The number of carbonyl (C=O) groups is 1. The number of ether oxygens (including phenoxy) is 1. The van der Waals surface area contributed by atoms with Gasteiger partial charge in [-0.3, -0.25) is 9.69 Å². The van der Waals surface area contributed by atoms with E-state index < -0.39 is 0 Å². The predicted molar refractivity (Wildman–Crippen MR) is 131 cm³/mol. The number of hydrogen-bond acceptors (Lipinski definition) is 8. The summed E-state index contributed by atoms with van der Waals surface area (Å²) in [6.45, 7) is 5.34. The molecule has 34 heavy (non-hydrogen) atoms. The first-order valence-corrected chi connectivity index (χ1v) is 11.8. The van der Waals surface area contributed by atoms with Crippen molar-refractivity contribution in [3.63, 3.8) is 0 Å². The van der Waals surface area contributed by atoms with Gasteiger partial charge in [0, 0.05) is 61.3 Å². The lowest BCUT2D eigenvalue weighted by Crippen LogP contribution is -2.35. The highest BCUT2D eigenvalue weighted by Gasteiger charge is 2.15. The molecule has 0 atom stereocenters. The number of morpholine rings is 1. The summed E-state index contributed by atoms with van der Waals surface area (Å²) < 4.78 is 20.5. The van der Waals surface area contributed by atoms with Crippen molar-refractivity contribution in [2.75, 3.05) is 36.9 Å². The average Bonchev–Trinajstić information content (AvgIpc) is 3.34. The highest BCUT2D eigenvalue weighted by Crippen LogP contribution is 2.30. The van der Waals surface area contributed by atoms with Crippen molar-refractivity contribution in [2.45, 2.75) is 13.5 Å². The standard InChI is InChI=1S/C24H23FN6O2S/c1-15(32)28-17-10-16(14-31-5-7-33-8-6-31)11-18(12-17)29-24-27-13-20-21(30-24)3-2-19(22(20)25)23-26-4-9-34-23/h2-4,9-13H,5-8,14H2,1H3,(H,28,32)(H,27,29,30). The largest absolute Gasteiger partial charge is 0.379 e. The van der Waals surface area contributed by atoms with Crippen LogP contribution in [0.3, 0.4) is 0 Å². The van der Waals surface area contributed by atoms with E-state index in [1.165, 1.54) is 24.5 Å². The molecular weight excluding hydrogens is 455 g/mol. The third-order valence-electron chi connectivity index (χ3n) is 5.44. The van der Waals surface area contributed by atoms with Gasteiger partial charge in [-0.2, -0.15) is 0 Å². The molecular formula is C24H23FN6O2S. The van der Waals surface area contributed by atoms with Crippen LogP contribution in [0.5, 0.6) is 0 Å². The van der Waals surface area contributed by atoms with Crippen molar-refractivity contribution in [1.82, 2.24) is 19.9 Å². The SMILES string of the molecule is CC(=O)Nc1cc(CN2CCOCC2)cc(Nc2ncc3c(F)c(-c4nccs4)ccc3n2)c1. The molecule has 2 aromatic carbocycles. The van der Waals surface area contributed by atoms with Crippen LogP contribution in [-0.2, 0) is 16.1 Å². The maximum atomic E-state index is 15.1. The smallest absolute Gasteiger partial charge is 0.227 e. The van der Waals surface area contributed by atoms with E-state index in [0.29, 0.717) is 46.3 Å². The van der Waals surface area contributed by atoms with Crippen molar-refractivity contribution in [2.24, 2.45) is 0 Å². The van der Waals surface area contributed by atoms with Crippen molar-refractivity contribution in [3.8, 4) is 10.6 Å². The van der Waals surface area contributed by atoms with Gasteiger partial charge in [-0.05, 0) is 35.9 Å². The number of hydrogen-bond donors (Lipinski definition) is 2. The molecule has 0 radical (unpaired) electrons. The van der Waals surface area contributed by atoms with Crippen LogP contribution in [0.2, 0.25) is 0 Å². The molecule has 2 N–H and O–H groups in total. The Morgan fingerprint density at radius 1 is 1.18 bits per heavy atom. The van der Waals surface area contributed by atoms with Gasteiger partial charge in [0.15, 0.2) is 0 Å². The molecule has 0 unspecified atom stereocenters. The lowest BCUT2D eigenvalue weighted by molar-refractivity contribution is -0.114. The number of amides is 1. The zero-order valence-electron chi connectivity index (χ0n) is 18.5. The monoisotopic (exact) mass is 478 g/mol. The topological polar surface area (TPSA) is 92.3 Å². The number of halogens is 1. The fraction of sp³-hybridized carbons (Fsp3) is 0.250. The molecule has 174 valence electrons. The Balaban J connectivity index is 1.42.